The van der Waals surface area contributed by atoms with Gasteiger partial charge in [0.15, 0.2) is 11.0 Å². The van der Waals surface area contributed by atoms with E-state index in [9.17, 15) is 4.79 Å². The molecule has 4 aromatic rings. The Morgan fingerprint density at radius 3 is 2.18 bits per heavy atom. The number of halogens is 2. The number of ether oxygens (including phenoxy) is 1. The van der Waals surface area contributed by atoms with Crippen LogP contribution in [0.15, 0.2) is 86.9 Å². The Kier molecular flexibility index (Phi) is 8.42. The van der Waals surface area contributed by atoms with Crippen LogP contribution in [0.25, 0.3) is 5.69 Å². The summed E-state index contributed by atoms with van der Waals surface area (Å²) in [5.74, 6) is 2.11. The van der Waals surface area contributed by atoms with Crippen molar-refractivity contribution in [2.75, 3.05) is 7.11 Å². The van der Waals surface area contributed by atoms with Gasteiger partial charge in [-0.2, -0.15) is 0 Å². The fourth-order valence-corrected chi connectivity index (χ4v) is 4.71. The second-order valence-electron chi connectivity index (χ2n) is 7.43. The lowest BCUT2D eigenvalue weighted by molar-refractivity contribution is -0.120. The molecule has 3 aromatic carbocycles. The van der Waals surface area contributed by atoms with Gasteiger partial charge in [0.25, 0.3) is 0 Å². The number of amides is 1. The number of rotatable bonds is 9. The lowest BCUT2D eigenvalue weighted by Crippen LogP contribution is -2.26. The highest BCUT2D eigenvalue weighted by atomic mass is 79.9. The Balaban J connectivity index is 1.48. The van der Waals surface area contributed by atoms with Crippen LogP contribution in [0, 0.1) is 0 Å². The van der Waals surface area contributed by atoms with Crippen LogP contribution in [-0.2, 0) is 23.5 Å². The van der Waals surface area contributed by atoms with Gasteiger partial charge < -0.3 is 10.1 Å². The molecule has 4 rings (SSSR count). The number of hydrogen-bond donors (Lipinski definition) is 1. The number of carbonyl (C=O) groups excluding carboxylic acids is 1. The van der Waals surface area contributed by atoms with Gasteiger partial charge in [-0.25, -0.2) is 0 Å². The van der Waals surface area contributed by atoms with Crippen LogP contribution in [0.4, 0.5) is 0 Å². The standard InChI is InChI=1S/C25H22Br2N4O2S/c1-33-22-12-4-17(5-13-22)14-24(32)28-15-23-29-30-25(31(23)21-10-8-20(27)9-11-21)34-16-18-2-6-19(26)7-3-18/h2-13H,14-16H2,1H3,(H,28,32). The van der Waals surface area contributed by atoms with E-state index >= 15 is 0 Å². The maximum Gasteiger partial charge on any atom is 0.224 e. The monoisotopic (exact) mass is 600 g/mol. The molecule has 0 radical (unpaired) electrons. The normalized spacial score (nSPS) is 10.8. The van der Waals surface area contributed by atoms with Gasteiger partial charge >= 0.3 is 0 Å². The highest BCUT2D eigenvalue weighted by molar-refractivity contribution is 9.10. The van der Waals surface area contributed by atoms with Crippen LogP contribution in [-0.4, -0.2) is 27.8 Å². The largest absolute Gasteiger partial charge is 0.497 e. The topological polar surface area (TPSA) is 69.0 Å². The van der Waals surface area contributed by atoms with E-state index in [0.29, 0.717) is 5.82 Å². The number of thioether (sulfide) groups is 1. The second-order valence-corrected chi connectivity index (χ2v) is 10.2. The maximum atomic E-state index is 12.6. The molecule has 0 aliphatic heterocycles. The Hall–Kier alpha value is -2.62. The van der Waals surface area contributed by atoms with Crippen molar-refractivity contribution in [3.63, 3.8) is 0 Å². The summed E-state index contributed by atoms with van der Waals surface area (Å²) in [4.78, 5) is 12.6. The molecule has 0 bridgehead atoms. The molecule has 6 nitrogen and oxygen atoms in total. The van der Waals surface area contributed by atoms with Gasteiger partial charge in [0.2, 0.25) is 5.91 Å². The molecule has 1 heterocycles. The van der Waals surface area contributed by atoms with Crippen LogP contribution in [0.2, 0.25) is 0 Å². The summed E-state index contributed by atoms with van der Waals surface area (Å²) in [7, 11) is 1.62. The van der Waals surface area contributed by atoms with E-state index in [1.807, 2.05) is 65.2 Å². The van der Waals surface area contributed by atoms with Gasteiger partial charge in [0.1, 0.15) is 5.75 Å². The fraction of sp³-hybridized carbons (Fsp3) is 0.160. The van der Waals surface area contributed by atoms with Crippen molar-refractivity contribution in [3.8, 4) is 11.4 Å². The van der Waals surface area contributed by atoms with E-state index in [4.69, 9.17) is 4.74 Å². The van der Waals surface area contributed by atoms with Crippen molar-refractivity contribution in [3.05, 3.63) is 98.7 Å². The number of carbonyl (C=O) groups is 1. The molecule has 174 valence electrons. The van der Waals surface area contributed by atoms with Gasteiger partial charge in [-0.15, -0.1) is 10.2 Å². The minimum atomic E-state index is -0.0837. The Labute approximate surface area is 219 Å². The first-order chi connectivity index (χ1) is 16.5. The zero-order chi connectivity index (χ0) is 23.9. The quantitative estimate of drug-likeness (QED) is 0.240. The van der Waals surface area contributed by atoms with E-state index in [-0.39, 0.29) is 18.9 Å². The van der Waals surface area contributed by atoms with Gasteiger partial charge in [0, 0.05) is 20.4 Å². The Morgan fingerprint density at radius 1 is 0.912 bits per heavy atom. The number of nitrogens with one attached hydrogen (secondary N) is 1. The average molecular weight is 602 g/mol. The number of methoxy groups -OCH3 is 1. The molecule has 34 heavy (non-hydrogen) atoms. The van der Waals surface area contributed by atoms with Crippen molar-refractivity contribution in [1.29, 1.82) is 0 Å². The number of hydrogen-bond acceptors (Lipinski definition) is 5. The Bertz CT molecular complexity index is 1240. The SMILES string of the molecule is COc1ccc(CC(=O)NCc2nnc(SCc3ccc(Br)cc3)n2-c2ccc(Br)cc2)cc1. The fourth-order valence-electron chi connectivity index (χ4n) is 3.26. The summed E-state index contributed by atoms with van der Waals surface area (Å²) in [6, 6.07) is 23.6. The predicted octanol–water partition coefficient (Wildman–Crippen LogP) is 5.95. The maximum absolute atomic E-state index is 12.6. The molecular formula is C25H22Br2N4O2S. The second kappa shape index (κ2) is 11.7. The van der Waals surface area contributed by atoms with E-state index in [1.165, 1.54) is 5.56 Å². The first-order valence-corrected chi connectivity index (χ1v) is 13.1. The third kappa shape index (κ3) is 6.49. The molecule has 0 saturated carbocycles. The van der Waals surface area contributed by atoms with E-state index in [2.05, 4.69) is 59.5 Å². The lowest BCUT2D eigenvalue weighted by Gasteiger charge is -2.11. The molecule has 1 amide bonds. The van der Waals surface area contributed by atoms with Gasteiger partial charge in [-0.05, 0) is 59.7 Å². The molecule has 0 aliphatic rings. The average Bonchev–Trinajstić information content (AvgIpc) is 3.26. The molecule has 1 aromatic heterocycles. The van der Waals surface area contributed by atoms with Crippen LogP contribution in [0.5, 0.6) is 5.75 Å². The molecule has 1 N–H and O–H groups in total. The molecule has 0 atom stereocenters. The highest BCUT2D eigenvalue weighted by Gasteiger charge is 2.16. The summed E-state index contributed by atoms with van der Waals surface area (Å²) in [5, 5.41) is 12.5. The van der Waals surface area contributed by atoms with Crippen molar-refractivity contribution in [2.45, 2.75) is 23.9 Å². The number of benzene rings is 3. The van der Waals surface area contributed by atoms with Crippen molar-refractivity contribution >= 4 is 49.5 Å². The molecule has 0 unspecified atom stereocenters. The first kappa shape index (κ1) is 24.5. The molecule has 0 saturated heterocycles. The summed E-state index contributed by atoms with van der Waals surface area (Å²) >= 11 is 8.56. The van der Waals surface area contributed by atoms with E-state index in [1.54, 1.807) is 18.9 Å². The smallest absolute Gasteiger partial charge is 0.224 e. The lowest BCUT2D eigenvalue weighted by atomic mass is 10.1. The summed E-state index contributed by atoms with van der Waals surface area (Å²) in [6.45, 7) is 0.275. The van der Waals surface area contributed by atoms with Gasteiger partial charge in [-0.3, -0.25) is 9.36 Å². The van der Waals surface area contributed by atoms with Gasteiger partial charge in [-0.1, -0.05) is 67.9 Å². The molecule has 0 fully saturated rings. The zero-order valence-electron chi connectivity index (χ0n) is 18.4. The van der Waals surface area contributed by atoms with E-state index in [0.717, 1.165) is 36.9 Å². The van der Waals surface area contributed by atoms with Crippen molar-refractivity contribution in [1.82, 2.24) is 20.1 Å². The Morgan fingerprint density at radius 2 is 1.53 bits per heavy atom. The van der Waals surface area contributed by atoms with Crippen LogP contribution < -0.4 is 10.1 Å². The van der Waals surface area contributed by atoms with Crippen molar-refractivity contribution < 1.29 is 9.53 Å². The highest BCUT2D eigenvalue weighted by Crippen LogP contribution is 2.26. The molecule has 0 spiro atoms. The predicted molar refractivity (Wildman–Crippen MR) is 141 cm³/mol. The third-order valence-corrected chi connectivity index (χ3v) is 7.09. The minimum absolute atomic E-state index is 0.0837. The first-order valence-electron chi connectivity index (χ1n) is 10.5. The number of aromatic nitrogens is 3. The number of nitrogens with zero attached hydrogens (tertiary/aromatic N) is 3. The summed E-state index contributed by atoms with van der Waals surface area (Å²) in [6.07, 6.45) is 0.279. The van der Waals surface area contributed by atoms with Crippen LogP contribution in [0.3, 0.4) is 0 Å². The summed E-state index contributed by atoms with van der Waals surface area (Å²) in [5.41, 5.74) is 3.04. The molecule has 9 heteroatoms. The third-order valence-electron chi connectivity index (χ3n) is 5.03. The molecule has 0 aliphatic carbocycles. The van der Waals surface area contributed by atoms with E-state index < -0.39 is 0 Å². The van der Waals surface area contributed by atoms with Gasteiger partial charge in [0.05, 0.1) is 20.1 Å². The molecular weight excluding hydrogens is 580 g/mol. The van der Waals surface area contributed by atoms with Crippen LogP contribution >= 0.6 is 43.6 Å². The van der Waals surface area contributed by atoms with Crippen LogP contribution in [0.1, 0.15) is 17.0 Å². The van der Waals surface area contributed by atoms with Crippen molar-refractivity contribution in [2.24, 2.45) is 0 Å². The minimum Gasteiger partial charge on any atom is -0.497 e. The zero-order valence-corrected chi connectivity index (χ0v) is 22.4. The summed E-state index contributed by atoms with van der Waals surface area (Å²) < 4.78 is 9.20.